The smallest absolute Gasteiger partial charge is 0.335 e. The van der Waals surface area contributed by atoms with Crippen molar-refractivity contribution < 1.29 is 45.2 Å². The number of carbonyl (C=O) groups excluding carboxylic acids is 1. The van der Waals surface area contributed by atoms with Gasteiger partial charge < -0.3 is 15.3 Å². The van der Waals surface area contributed by atoms with Gasteiger partial charge in [0.2, 0.25) is 11.6 Å². The largest absolute Gasteiger partial charge is 0.478 e. The second-order valence-corrected chi connectivity index (χ2v) is 20.0. The average Bonchev–Trinajstić information content (AvgIpc) is 3.53. The lowest BCUT2D eigenvalue weighted by atomic mass is 9.78. The highest BCUT2D eigenvalue weighted by Crippen LogP contribution is 2.51. The molecule has 5 aromatic rings. The first kappa shape index (κ1) is 44.1. The summed E-state index contributed by atoms with van der Waals surface area (Å²) in [4.78, 5) is 26.6. The topological polar surface area (TPSA) is 181 Å². The second kappa shape index (κ2) is 16.4. The summed E-state index contributed by atoms with van der Waals surface area (Å²) < 4.78 is 70.9. The van der Waals surface area contributed by atoms with Crippen LogP contribution in [0.1, 0.15) is 74.0 Å². The molecular formula is C48H50N3O9S2+. The molecule has 14 heteroatoms. The number of carboxylic acid groups (broad SMARTS) is 1. The van der Waals surface area contributed by atoms with Crippen LogP contribution in [0.3, 0.4) is 0 Å². The Morgan fingerprint density at radius 2 is 1.55 bits per heavy atom. The van der Waals surface area contributed by atoms with Crippen molar-refractivity contribution in [3.63, 3.8) is 0 Å². The van der Waals surface area contributed by atoms with Crippen molar-refractivity contribution in [2.45, 2.75) is 69.6 Å². The molecule has 0 aromatic heterocycles. The zero-order valence-electron chi connectivity index (χ0n) is 35.4. The predicted octanol–water partition coefficient (Wildman–Crippen LogP) is 9.11. The van der Waals surface area contributed by atoms with Gasteiger partial charge >= 0.3 is 5.97 Å². The Balaban J connectivity index is 1.31. The maximum atomic E-state index is 13.4. The molecule has 1 amide bonds. The summed E-state index contributed by atoms with van der Waals surface area (Å²) >= 11 is 0. The van der Waals surface area contributed by atoms with Crippen LogP contribution in [0.2, 0.25) is 0 Å². The number of carboxylic acids is 1. The van der Waals surface area contributed by atoms with Crippen LogP contribution in [0.25, 0.3) is 21.5 Å². The number of hydrogen-bond acceptors (Lipinski definition) is 7. The number of carbonyl (C=O) groups is 2. The molecule has 322 valence electrons. The zero-order chi connectivity index (χ0) is 44.9. The van der Waals surface area contributed by atoms with E-state index in [1.807, 2.05) is 75.2 Å². The standard InChI is InChI=1S/C48H49N3O9S2/c1-30-11-21-36-34(29-30)18-23-38-44(36)48(4,5)41(51(38)27-8-28-61(55,56)57)25-13-31(14-26-42(52)49-35-19-15-33(16-20-35)46(53)54)12-24-40-47(2,3)45-37(50(40)6)22-17-32-9-7-10-39(43(32)45)62(58,59)60/h7,9-13,15-25,29H,8,14,26-28H2,1-6H3,(H3-,49,52,53,54,55,56,57,58,59,60)/p+1. The van der Waals surface area contributed by atoms with Gasteiger partial charge in [0.15, 0.2) is 5.71 Å². The third-order valence-corrected chi connectivity index (χ3v) is 13.7. The SMILES string of the molecule is Cc1ccc2c3c(ccc2c1)[N+](CCCS(=O)(=O)O)=C(/C=C/C(=C/C=C1/N(C)c2ccc4cccc(S(=O)(=O)O)c4c2C1(C)C)CCC(=O)Nc1ccc(C(=O)O)cc1)C3(C)C. The summed E-state index contributed by atoms with van der Waals surface area (Å²) in [7, 11) is -6.85. The van der Waals surface area contributed by atoms with E-state index in [4.69, 9.17) is 0 Å². The summed E-state index contributed by atoms with van der Waals surface area (Å²) in [5.74, 6) is -1.76. The Labute approximate surface area is 362 Å². The number of nitrogens with zero attached hydrogens (tertiary/aromatic N) is 2. The molecule has 0 fully saturated rings. The van der Waals surface area contributed by atoms with E-state index in [0.29, 0.717) is 23.0 Å². The minimum absolute atomic E-state index is 0.0723. The molecule has 2 heterocycles. The van der Waals surface area contributed by atoms with E-state index in [0.717, 1.165) is 55.8 Å². The fraction of sp³-hybridized carbons (Fsp3) is 0.271. The van der Waals surface area contributed by atoms with Crippen molar-refractivity contribution in [2.24, 2.45) is 0 Å². The molecule has 0 spiro atoms. The van der Waals surface area contributed by atoms with Crippen LogP contribution in [-0.4, -0.2) is 72.6 Å². The Morgan fingerprint density at radius 1 is 0.839 bits per heavy atom. The Kier molecular flexibility index (Phi) is 11.7. The fourth-order valence-corrected chi connectivity index (χ4v) is 10.3. The number of amides is 1. The highest BCUT2D eigenvalue weighted by Gasteiger charge is 2.46. The number of rotatable bonds is 13. The third-order valence-electron chi connectivity index (χ3n) is 12.0. The molecule has 0 saturated heterocycles. The number of fused-ring (bicyclic) bond motifs is 6. The van der Waals surface area contributed by atoms with Crippen LogP contribution in [0.4, 0.5) is 17.1 Å². The van der Waals surface area contributed by atoms with E-state index in [1.165, 1.54) is 30.3 Å². The van der Waals surface area contributed by atoms with Gasteiger partial charge in [-0.1, -0.05) is 68.0 Å². The van der Waals surface area contributed by atoms with Gasteiger partial charge in [0.1, 0.15) is 11.4 Å². The highest BCUT2D eigenvalue weighted by atomic mass is 32.2. The van der Waals surface area contributed by atoms with E-state index in [9.17, 15) is 40.6 Å². The molecular weight excluding hydrogens is 827 g/mol. The van der Waals surface area contributed by atoms with E-state index in [2.05, 4.69) is 54.1 Å². The number of nitrogens with one attached hydrogen (secondary N) is 1. The lowest BCUT2D eigenvalue weighted by Crippen LogP contribution is -2.28. The van der Waals surface area contributed by atoms with Gasteiger partial charge in [-0.15, -0.1) is 0 Å². The van der Waals surface area contributed by atoms with Gasteiger partial charge in [-0.25, -0.2) is 4.79 Å². The first-order valence-electron chi connectivity index (χ1n) is 20.2. The molecule has 12 nitrogen and oxygen atoms in total. The van der Waals surface area contributed by atoms with Crippen LogP contribution in [0.5, 0.6) is 0 Å². The zero-order valence-corrected chi connectivity index (χ0v) is 37.1. The summed E-state index contributed by atoms with van der Waals surface area (Å²) in [5.41, 5.74) is 6.46. The van der Waals surface area contributed by atoms with Gasteiger partial charge in [-0.2, -0.15) is 21.4 Å². The van der Waals surface area contributed by atoms with Crippen LogP contribution in [0.15, 0.2) is 125 Å². The summed E-state index contributed by atoms with van der Waals surface area (Å²) in [5, 5.41) is 15.4. The van der Waals surface area contributed by atoms with Crippen LogP contribution in [0, 0.1) is 6.92 Å². The molecule has 0 saturated carbocycles. The molecule has 4 N–H and O–H groups in total. The van der Waals surface area contributed by atoms with E-state index in [-0.39, 0.29) is 35.6 Å². The minimum Gasteiger partial charge on any atom is -0.478 e. The van der Waals surface area contributed by atoms with Crippen molar-refractivity contribution in [3.8, 4) is 0 Å². The van der Waals surface area contributed by atoms with Crippen molar-refractivity contribution in [1.29, 1.82) is 0 Å². The molecule has 0 aliphatic carbocycles. The number of aromatic carboxylic acids is 1. The predicted molar refractivity (Wildman–Crippen MR) is 244 cm³/mol. The summed E-state index contributed by atoms with van der Waals surface area (Å²) in [6.07, 6.45) is 8.40. The van der Waals surface area contributed by atoms with Crippen molar-refractivity contribution in [3.05, 3.63) is 143 Å². The third kappa shape index (κ3) is 8.60. The van der Waals surface area contributed by atoms with E-state index < -0.39 is 42.8 Å². The maximum Gasteiger partial charge on any atom is 0.335 e. The monoisotopic (exact) mass is 876 g/mol. The highest BCUT2D eigenvalue weighted by molar-refractivity contribution is 7.86. The normalized spacial score (nSPS) is 16.7. The van der Waals surface area contributed by atoms with E-state index >= 15 is 0 Å². The Morgan fingerprint density at radius 3 is 2.23 bits per heavy atom. The molecule has 0 bridgehead atoms. The lowest BCUT2D eigenvalue weighted by molar-refractivity contribution is -0.437. The molecule has 0 unspecified atom stereocenters. The van der Waals surface area contributed by atoms with Crippen molar-refractivity contribution >= 4 is 76.4 Å². The van der Waals surface area contributed by atoms with E-state index in [1.54, 1.807) is 6.07 Å². The van der Waals surface area contributed by atoms with Crippen LogP contribution >= 0.6 is 0 Å². The van der Waals surface area contributed by atoms with Crippen molar-refractivity contribution in [1.82, 2.24) is 0 Å². The number of hydrogen-bond donors (Lipinski definition) is 4. The molecule has 5 aromatic carbocycles. The van der Waals surface area contributed by atoms with Gasteiger partial charge in [0.25, 0.3) is 20.2 Å². The fourth-order valence-electron chi connectivity index (χ4n) is 9.09. The van der Waals surface area contributed by atoms with Gasteiger partial charge in [-0.05, 0) is 103 Å². The van der Waals surface area contributed by atoms with Crippen LogP contribution < -0.4 is 10.2 Å². The maximum absolute atomic E-state index is 13.4. The van der Waals surface area contributed by atoms with Crippen molar-refractivity contribution in [2.75, 3.05) is 29.6 Å². The van der Waals surface area contributed by atoms with Crippen LogP contribution in [-0.2, 0) is 35.9 Å². The lowest BCUT2D eigenvalue weighted by Gasteiger charge is -2.24. The number of allylic oxidation sites excluding steroid dienone is 6. The quantitative estimate of drug-likeness (QED) is 0.0506. The molecule has 62 heavy (non-hydrogen) atoms. The molecule has 0 atom stereocenters. The molecule has 7 rings (SSSR count). The average molecular weight is 877 g/mol. The first-order chi connectivity index (χ1) is 29.1. The summed E-state index contributed by atoms with van der Waals surface area (Å²) in [6.45, 7) is 10.6. The Hall–Kier alpha value is -5.93. The Bertz CT molecular complexity index is 3030. The van der Waals surface area contributed by atoms with Gasteiger partial charge in [0.05, 0.1) is 16.7 Å². The van der Waals surface area contributed by atoms with Gasteiger partial charge in [-0.3, -0.25) is 13.9 Å². The number of likely N-dealkylation sites (N-methyl/N-ethyl adjacent to an activating group) is 1. The molecule has 0 radical (unpaired) electrons. The first-order valence-corrected chi connectivity index (χ1v) is 23.3. The summed E-state index contributed by atoms with van der Waals surface area (Å²) in [6, 6.07) is 24.9. The molecule has 2 aliphatic rings. The minimum atomic E-state index is -4.55. The molecule has 2 aliphatic heterocycles. The number of aryl methyl sites for hydroxylation is 1. The number of anilines is 2. The number of benzene rings is 5. The van der Waals surface area contributed by atoms with Gasteiger partial charge in [0, 0.05) is 65.5 Å². The second-order valence-electron chi connectivity index (χ2n) is 17.0.